The molecule has 0 bridgehead atoms. The van der Waals surface area contributed by atoms with Gasteiger partial charge in [0.25, 0.3) is 0 Å². The number of hydrogen-bond donors (Lipinski definition) is 1. The molecule has 0 saturated heterocycles. The molecule has 1 atom stereocenters. The first kappa shape index (κ1) is 12.4. The summed E-state index contributed by atoms with van der Waals surface area (Å²) < 4.78 is 4.54. The van der Waals surface area contributed by atoms with Crippen molar-refractivity contribution < 1.29 is 5.11 Å². The van der Waals surface area contributed by atoms with Crippen LogP contribution in [0.15, 0.2) is 28.9 Å². The van der Waals surface area contributed by atoms with Crippen LogP contribution in [-0.2, 0) is 6.54 Å². The number of benzene rings is 1. The molecule has 0 saturated carbocycles. The molecule has 1 N–H and O–H groups in total. The van der Waals surface area contributed by atoms with Gasteiger partial charge >= 0.3 is 0 Å². The van der Waals surface area contributed by atoms with Gasteiger partial charge in [-0.25, -0.2) is 0 Å². The number of aliphatic hydroxyl groups excluding tert-OH is 1. The van der Waals surface area contributed by atoms with Gasteiger partial charge < -0.3 is 9.67 Å². The monoisotopic (exact) mass is 393 g/mol. The van der Waals surface area contributed by atoms with Crippen LogP contribution < -0.4 is 0 Å². The highest BCUT2D eigenvalue weighted by atomic mass is 127. The third kappa shape index (κ3) is 2.43. The molecule has 0 aliphatic carbocycles. The highest BCUT2D eigenvalue weighted by Gasteiger charge is 2.09. The Labute approximate surface area is 117 Å². The highest BCUT2D eigenvalue weighted by molar-refractivity contribution is 14.1. The number of nitrogens with zero attached hydrogens (tertiary/aromatic N) is 1. The second-order valence-corrected chi connectivity index (χ2v) is 6.18. The molecular formula is C12H13BrINO. The molecule has 0 aliphatic rings. The van der Waals surface area contributed by atoms with E-state index >= 15 is 0 Å². The first-order valence-electron chi connectivity index (χ1n) is 5.16. The largest absolute Gasteiger partial charge is 0.396 e. The predicted molar refractivity (Wildman–Crippen MR) is 78.6 cm³/mol. The smallest absolute Gasteiger partial charge is 0.0502 e. The van der Waals surface area contributed by atoms with Crippen LogP contribution in [-0.4, -0.2) is 16.3 Å². The van der Waals surface area contributed by atoms with Gasteiger partial charge in [0.15, 0.2) is 0 Å². The van der Waals surface area contributed by atoms with E-state index in [4.69, 9.17) is 5.11 Å². The summed E-state index contributed by atoms with van der Waals surface area (Å²) in [7, 11) is 0. The first-order chi connectivity index (χ1) is 7.61. The molecule has 0 fully saturated rings. The van der Waals surface area contributed by atoms with Crippen molar-refractivity contribution in [3.63, 3.8) is 0 Å². The Balaban J connectivity index is 2.48. The highest BCUT2D eigenvalue weighted by Crippen LogP contribution is 2.28. The van der Waals surface area contributed by atoms with Crippen molar-refractivity contribution in [2.24, 2.45) is 5.92 Å². The molecule has 0 unspecified atom stereocenters. The van der Waals surface area contributed by atoms with E-state index in [0.717, 1.165) is 11.0 Å². The number of aliphatic hydroxyl groups is 1. The van der Waals surface area contributed by atoms with Crippen LogP contribution in [0.4, 0.5) is 0 Å². The number of hydrogen-bond acceptors (Lipinski definition) is 1. The molecule has 0 spiro atoms. The lowest BCUT2D eigenvalue weighted by Crippen LogP contribution is -2.10. The summed E-state index contributed by atoms with van der Waals surface area (Å²) in [4.78, 5) is 0. The molecular weight excluding hydrogens is 381 g/mol. The average Bonchev–Trinajstić information content (AvgIpc) is 2.55. The van der Waals surface area contributed by atoms with E-state index in [1.807, 2.05) is 6.92 Å². The van der Waals surface area contributed by atoms with Crippen molar-refractivity contribution in [1.82, 2.24) is 4.57 Å². The molecule has 0 aliphatic heterocycles. The molecule has 86 valence electrons. The minimum absolute atomic E-state index is 0.223. The number of halogens is 2. The molecule has 2 rings (SSSR count). The molecule has 4 heteroatoms. The Kier molecular flexibility index (Phi) is 3.92. The topological polar surface area (TPSA) is 25.2 Å². The number of aromatic nitrogens is 1. The van der Waals surface area contributed by atoms with Gasteiger partial charge in [0, 0.05) is 32.8 Å². The molecule has 0 radical (unpaired) electrons. The Morgan fingerprint density at radius 2 is 2.25 bits per heavy atom. The van der Waals surface area contributed by atoms with Crippen molar-refractivity contribution in [2.75, 3.05) is 6.61 Å². The summed E-state index contributed by atoms with van der Waals surface area (Å²) in [5, 5.41) is 10.3. The predicted octanol–water partition coefficient (Wildman–Crippen LogP) is 3.64. The van der Waals surface area contributed by atoms with Gasteiger partial charge in [0.2, 0.25) is 0 Å². The van der Waals surface area contributed by atoms with Crippen LogP contribution in [0.25, 0.3) is 10.9 Å². The first-order valence-corrected chi connectivity index (χ1v) is 7.03. The molecule has 1 heterocycles. The maximum atomic E-state index is 9.10. The van der Waals surface area contributed by atoms with Gasteiger partial charge in [0.1, 0.15) is 0 Å². The summed E-state index contributed by atoms with van der Waals surface area (Å²) >= 11 is 5.89. The second kappa shape index (κ2) is 5.06. The normalized spacial score (nSPS) is 13.2. The van der Waals surface area contributed by atoms with Gasteiger partial charge in [-0.3, -0.25) is 0 Å². The summed E-state index contributed by atoms with van der Waals surface area (Å²) in [6, 6.07) is 6.40. The van der Waals surface area contributed by atoms with E-state index in [1.165, 1.54) is 14.5 Å². The van der Waals surface area contributed by atoms with Gasteiger partial charge in [0.05, 0.1) is 5.52 Å². The van der Waals surface area contributed by atoms with Crippen molar-refractivity contribution in [1.29, 1.82) is 0 Å². The van der Waals surface area contributed by atoms with Crippen LogP contribution in [0.2, 0.25) is 0 Å². The van der Waals surface area contributed by atoms with Crippen LogP contribution in [0.1, 0.15) is 6.92 Å². The van der Waals surface area contributed by atoms with Gasteiger partial charge in [-0.05, 0) is 56.6 Å². The van der Waals surface area contributed by atoms with E-state index in [1.54, 1.807) is 0 Å². The zero-order valence-electron chi connectivity index (χ0n) is 8.95. The fraction of sp³-hybridized carbons (Fsp3) is 0.333. The van der Waals surface area contributed by atoms with Crippen LogP contribution >= 0.6 is 38.5 Å². The summed E-state index contributed by atoms with van der Waals surface area (Å²) in [6.07, 6.45) is 2.09. The van der Waals surface area contributed by atoms with Gasteiger partial charge in [-0.15, -0.1) is 0 Å². The Hall–Kier alpha value is -0.0700. The van der Waals surface area contributed by atoms with Crippen LogP contribution in [0, 0.1) is 9.49 Å². The van der Waals surface area contributed by atoms with E-state index in [0.29, 0.717) is 0 Å². The average molecular weight is 394 g/mol. The quantitative estimate of drug-likeness (QED) is 0.791. The van der Waals surface area contributed by atoms with Crippen molar-refractivity contribution in [2.45, 2.75) is 13.5 Å². The van der Waals surface area contributed by atoms with E-state index in [9.17, 15) is 0 Å². The third-order valence-electron chi connectivity index (χ3n) is 2.62. The molecule has 16 heavy (non-hydrogen) atoms. The number of fused-ring (bicyclic) bond motifs is 1. The molecule has 2 aromatic rings. The fourth-order valence-electron chi connectivity index (χ4n) is 1.76. The minimum atomic E-state index is 0.223. The summed E-state index contributed by atoms with van der Waals surface area (Å²) in [5.41, 5.74) is 1.22. The second-order valence-electron chi connectivity index (χ2n) is 4.08. The molecule has 1 aromatic heterocycles. The van der Waals surface area contributed by atoms with Gasteiger partial charge in [-0.2, -0.15) is 0 Å². The molecule has 0 amide bonds. The van der Waals surface area contributed by atoms with Crippen LogP contribution in [0.5, 0.6) is 0 Å². The van der Waals surface area contributed by atoms with E-state index < -0.39 is 0 Å². The Morgan fingerprint density at radius 3 is 2.94 bits per heavy atom. The minimum Gasteiger partial charge on any atom is -0.396 e. The fourth-order valence-corrected chi connectivity index (χ4v) is 2.82. The SMILES string of the molecule is C[C@H](CO)Cn1cc(Br)c2ccc(I)cc21. The molecule has 2 nitrogen and oxygen atoms in total. The van der Waals surface area contributed by atoms with Crippen molar-refractivity contribution >= 4 is 49.4 Å². The Morgan fingerprint density at radius 1 is 1.50 bits per heavy atom. The lowest BCUT2D eigenvalue weighted by atomic mass is 10.2. The van der Waals surface area contributed by atoms with E-state index in [2.05, 4.69) is 67.5 Å². The van der Waals surface area contributed by atoms with Crippen molar-refractivity contribution in [3.8, 4) is 0 Å². The third-order valence-corrected chi connectivity index (χ3v) is 3.92. The van der Waals surface area contributed by atoms with Crippen molar-refractivity contribution in [3.05, 3.63) is 32.4 Å². The molecule has 1 aromatic carbocycles. The zero-order chi connectivity index (χ0) is 11.7. The van der Waals surface area contributed by atoms with Gasteiger partial charge in [-0.1, -0.05) is 13.0 Å². The van der Waals surface area contributed by atoms with E-state index in [-0.39, 0.29) is 12.5 Å². The summed E-state index contributed by atoms with van der Waals surface area (Å²) in [5.74, 6) is 0.278. The van der Waals surface area contributed by atoms with Crippen LogP contribution in [0.3, 0.4) is 0 Å². The maximum Gasteiger partial charge on any atom is 0.0502 e. The maximum absolute atomic E-state index is 9.10. The standard InChI is InChI=1S/C12H13BrINO/c1-8(7-16)5-15-6-11(13)10-3-2-9(14)4-12(10)15/h2-4,6,8,16H,5,7H2,1H3/t8-/m0/s1. The Bertz CT molecular complexity index is 509. The summed E-state index contributed by atoms with van der Waals surface area (Å²) in [6.45, 7) is 3.12. The zero-order valence-corrected chi connectivity index (χ0v) is 12.7. The lowest BCUT2D eigenvalue weighted by molar-refractivity contribution is 0.224. The lowest BCUT2D eigenvalue weighted by Gasteiger charge is -2.10. The number of rotatable bonds is 3.